The summed E-state index contributed by atoms with van der Waals surface area (Å²) in [7, 11) is 1.61. The average Bonchev–Trinajstić information content (AvgIpc) is 2.55. The summed E-state index contributed by atoms with van der Waals surface area (Å²) in [6.07, 6.45) is 0.906. The summed E-state index contributed by atoms with van der Waals surface area (Å²) in [5.41, 5.74) is 1.89. The Kier molecular flexibility index (Phi) is 5.83. The molecule has 1 N–H and O–H groups in total. The van der Waals surface area contributed by atoms with Gasteiger partial charge in [0.25, 0.3) is 5.91 Å². The Hall–Kier alpha value is -1.81. The maximum absolute atomic E-state index is 12.2. The normalized spacial score (nSPS) is 11.1. The molecule has 23 heavy (non-hydrogen) atoms. The lowest BCUT2D eigenvalue weighted by atomic mass is 9.85. The van der Waals surface area contributed by atoms with Gasteiger partial charge in [0.15, 0.2) is 0 Å². The van der Waals surface area contributed by atoms with Crippen molar-refractivity contribution in [3.63, 3.8) is 0 Å². The molecule has 0 aliphatic carbocycles. The molecule has 1 amide bonds. The van der Waals surface area contributed by atoms with Gasteiger partial charge in [0.2, 0.25) is 0 Å². The summed E-state index contributed by atoms with van der Waals surface area (Å²) < 4.78 is 6.18. The molecule has 0 heterocycles. The van der Waals surface area contributed by atoms with E-state index in [1.807, 2.05) is 12.1 Å². The number of methoxy groups -OCH3 is 1. The van der Waals surface area contributed by atoms with Gasteiger partial charge in [0, 0.05) is 16.6 Å². The van der Waals surface area contributed by atoms with Crippen LogP contribution in [-0.2, 0) is 6.42 Å². The number of hydrogen-bond acceptors (Lipinski definition) is 2. The van der Waals surface area contributed by atoms with E-state index >= 15 is 0 Å². The van der Waals surface area contributed by atoms with Gasteiger partial charge in [-0.3, -0.25) is 4.79 Å². The molecule has 2 rings (SSSR count). The molecule has 0 radical (unpaired) electrons. The number of hydrogen-bond donors (Lipinski definition) is 1. The molecule has 0 bridgehead atoms. The maximum Gasteiger partial charge on any atom is 0.251 e. The standard InChI is InChI=1S/C19H22BrNO2/c1-19(2,12-14-4-8-16(20)9-5-14)13-21-18(22)15-6-10-17(23-3)11-7-15/h4-11H,12-13H2,1-3H3,(H,21,22). The minimum absolute atomic E-state index is 0.0179. The number of carbonyl (C=O) groups is 1. The van der Waals surface area contributed by atoms with Gasteiger partial charge in [-0.25, -0.2) is 0 Å². The molecule has 0 saturated carbocycles. The summed E-state index contributed by atoms with van der Waals surface area (Å²) >= 11 is 3.45. The van der Waals surface area contributed by atoms with Crippen LogP contribution in [0.15, 0.2) is 53.0 Å². The summed E-state index contributed by atoms with van der Waals surface area (Å²) in [5, 5.41) is 3.02. The van der Waals surface area contributed by atoms with Crippen molar-refractivity contribution in [2.24, 2.45) is 5.41 Å². The zero-order chi connectivity index (χ0) is 16.9. The fourth-order valence-electron chi connectivity index (χ4n) is 2.38. The summed E-state index contributed by atoms with van der Waals surface area (Å²) in [5.74, 6) is 0.689. The second kappa shape index (κ2) is 7.64. The first-order chi connectivity index (χ1) is 10.9. The summed E-state index contributed by atoms with van der Waals surface area (Å²) in [4.78, 5) is 12.2. The molecule has 0 fully saturated rings. The average molecular weight is 376 g/mol. The fourth-order valence-corrected chi connectivity index (χ4v) is 2.65. The van der Waals surface area contributed by atoms with E-state index in [2.05, 4.69) is 47.2 Å². The van der Waals surface area contributed by atoms with Crippen molar-refractivity contribution in [2.45, 2.75) is 20.3 Å². The van der Waals surface area contributed by atoms with Crippen LogP contribution in [0.4, 0.5) is 0 Å². The third kappa shape index (κ3) is 5.39. The number of ether oxygens (including phenoxy) is 1. The largest absolute Gasteiger partial charge is 0.497 e. The van der Waals surface area contributed by atoms with E-state index in [9.17, 15) is 4.79 Å². The lowest BCUT2D eigenvalue weighted by Crippen LogP contribution is -2.35. The smallest absolute Gasteiger partial charge is 0.251 e. The SMILES string of the molecule is COc1ccc(C(=O)NCC(C)(C)Cc2ccc(Br)cc2)cc1. The molecule has 3 nitrogen and oxygen atoms in total. The van der Waals surface area contributed by atoms with E-state index in [0.717, 1.165) is 16.6 Å². The lowest BCUT2D eigenvalue weighted by Gasteiger charge is -2.25. The van der Waals surface area contributed by atoms with Gasteiger partial charge in [-0.2, -0.15) is 0 Å². The Morgan fingerprint density at radius 3 is 2.26 bits per heavy atom. The third-order valence-electron chi connectivity index (χ3n) is 3.68. The monoisotopic (exact) mass is 375 g/mol. The first-order valence-electron chi connectivity index (χ1n) is 7.56. The zero-order valence-electron chi connectivity index (χ0n) is 13.7. The quantitative estimate of drug-likeness (QED) is 0.809. The molecule has 0 aliphatic rings. The van der Waals surface area contributed by atoms with E-state index in [1.54, 1.807) is 31.4 Å². The maximum atomic E-state index is 12.2. The molecule has 4 heteroatoms. The van der Waals surface area contributed by atoms with E-state index in [4.69, 9.17) is 4.74 Å². The minimum Gasteiger partial charge on any atom is -0.497 e. The van der Waals surface area contributed by atoms with Gasteiger partial charge in [0.1, 0.15) is 5.75 Å². The molecule has 0 aliphatic heterocycles. The minimum atomic E-state index is -0.0588. The predicted octanol–water partition coefficient (Wildman–Crippen LogP) is 4.46. The molecule has 2 aromatic rings. The van der Waals surface area contributed by atoms with E-state index in [1.165, 1.54) is 5.56 Å². The van der Waals surface area contributed by atoms with Crippen molar-refractivity contribution in [3.05, 3.63) is 64.1 Å². The van der Waals surface area contributed by atoms with Crippen molar-refractivity contribution in [1.82, 2.24) is 5.32 Å². The zero-order valence-corrected chi connectivity index (χ0v) is 15.3. The Labute approximate surface area is 146 Å². The van der Waals surface area contributed by atoms with Crippen LogP contribution < -0.4 is 10.1 Å². The van der Waals surface area contributed by atoms with E-state index in [-0.39, 0.29) is 11.3 Å². The first-order valence-corrected chi connectivity index (χ1v) is 8.36. The Bertz CT molecular complexity index is 648. The number of nitrogens with one attached hydrogen (secondary N) is 1. The molecule has 0 aromatic heterocycles. The Morgan fingerprint density at radius 2 is 1.70 bits per heavy atom. The summed E-state index contributed by atoms with van der Waals surface area (Å²) in [6, 6.07) is 15.4. The number of halogens is 1. The van der Waals surface area contributed by atoms with Gasteiger partial charge in [-0.05, 0) is 53.8 Å². The summed E-state index contributed by atoms with van der Waals surface area (Å²) in [6.45, 7) is 4.93. The highest BCUT2D eigenvalue weighted by Gasteiger charge is 2.20. The number of rotatable bonds is 6. The van der Waals surface area contributed by atoms with Crippen LogP contribution >= 0.6 is 15.9 Å². The molecule has 0 saturated heterocycles. The van der Waals surface area contributed by atoms with Crippen LogP contribution in [0.1, 0.15) is 29.8 Å². The first kappa shape index (κ1) is 17.5. The molecule has 122 valence electrons. The van der Waals surface area contributed by atoms with Crippen LogP contribution in [0, 0.1) is 5.41 Å². The molecular formula is C19H22BrNO2. The highest BCUT2D eigenvalue weighted by Crippen LogP contribution is 2.22. The van der Waals surface area contributed by atoms with Crippen molar-refractivity contribution < 1.29 is 9.53 Å². The van der Waals surface area contributed by atoms with Gasteiger partial charge >= 0.3 is 0 Å². The third-order valence-corrected chi connectivity index (χ3v) is 4.20. The van der Waals surface area contributed by atoms with Crippen molar-refractivity contribution in [2.75, 3.05) is 13.7 Å². The van der Waals surface area contributed by atoms with Crippen molar-refractivity contribution in [1.29, 1.82) is 0 Å². The van der Waals surface area contributed by atoms with Crippen LogP contribution in [0.2, 0.25) is 0 Å². The second-order valence-corrected chi connectivity index (χ2v) is 7.29. The van der Waals surface area contributed by atoms with Gasteiger partial charge in [-0.1, -0.05) is 41.9 Å². The molecule has 0 spiro atoms. The van der Waals surface area contributed by atoms with Gasteiger partial charge in [0.05, 0.1) is 7.11 Å². The Balaban J connectivity index is 1.92. The topological polar surface area (TPSA) is 38.3 Å². The highest BCUT2D eigenvalue weighted by molar-refractivity contribution is 9.10. The number of carbonyl (C=O) groups excluding carboxylic acids is 1. The van der Waals surface area contributed by atoms with Gasteiger partial charge < -0.3 is 10.1 Å². The highest BCUT2D eigenvalue weighted by atomic mass is 79.9. The van der Waals surface area contributed by atoms with Crippen molar-refractivity contribution >= 4 is 21.8 Å². The molecular weight excluding hydrogens is 354 g/mol. The molecule has 2 aromatic carbocycles. The van der Waals surface area contributed by atoms with Crippen LogP contribution in [-0.4, -0.2) is 19.6 Å². The predicted molar refractivity (Wildman–Crippen MR) is 97.0 cm³/mol. The second-order valence-electron chi connectivity index (χ2n) is 6.38. The van der Waals surface area contributed by atoms with Gasteiger partial charge in [-0.15, -0.1) is 0 Å². The lowest BCUT2D eigenvalue weighted by molar-refractivity contribution is 0.0936. The number of benzene rings is 2. The van der Waals surface area contributed by atoms with Crippen LogP contribution in [0.25, 0.3) is 0 Å². The molecule has 0 unspecified atom stereocenters. The molecule has 0 atom stereocenters. The van der Waals surface area contributed by atoms with E-state index < -0.39 is 0 Å². The Morgan fingerprint density at radius 1 is 1.09 bits per heavy atom. The van der Waals surface area contributed by atoms with E-state index in [0.29, 0.717) is 12.1 Å². The van der Waals surface area contributed by atoms with Crippen molar-refractivity contribution in [3.8, 4) is 5.75 Å². The van der Waals surface area contributed by atoms with Crippen LogP contribution in [0.3, 0.4) is 0 Å². The van der Waals surface area contributed by atoms with Crippen LogP contribution in [0.5, 0.6) is 5.75 Å². The fraction of sp³-hybridized carbons (Fsp3) is 0.316. The number of amides is 1.